The molecule has 1 heterocycles. The van der Waals surface area contributed by atoms with Crippen LogP contribution in [-0.4, -0.2) is 80.5 Å². The van der Waals surface area contributed by atoms with Crippen molar-refractivity contribution in [3.63, 3.8) is 0 Å². The molecule has 0 unspecified atom stereocenters. The van der Waals surface area contributed by atoms with Gasteiger partial charge in [-0.15, -0.1) is 0 Å². The topological polar surface area (TPSA) is 174 Å². The number of amides is 4. The van der Waals surface area contributed by atoms with Crippen molar-refractivity contribution in [2.45, 2.75) is 6.42 Å². The molecule has 13 heteroatoms. The lowest BCUT2D eigenvalue weighted by molar-refractivity contribution is -0.138. The maximum Gasteiger partial charge on any atom is 0.327 e. The summed E-state index contributed by atoms with van der Waals surface area (Å²) in [6, 6.07) is 5.65. The lowest BCUT2D eigenvalue weighted by Gasteiger charge is -2.21. The van der Waals surface area contributed by atoms with Gasteiger partial charge >= 0.3 is 14.6 Å². The van der Waals surface area contributed by atoms with E-state index in [1.807, 2.05) is 0 Å². The average molecular weight is 453 g/mol. The minimum Gasteiger partial charge on any atom is -0.480 e. The predicted octanol–water partition coefficient (Wildman–Crippen LogP) is -0.305. The monoisotopic (exact) mass is 453 g/mol. The van der Waals surface area contributed by atoms with E-state index in [1.165, 1.54) is 24.3 Å². The molecule has 0 saturated heterocycles. The number of carboxylic acid groups (broad SMARTS) is 1. The van der Waals surface area contributed by atoms with E-state index in [4.69, 9.17) is 14.9 Å². The number of carbonyl (C=O) groups is 5. The first-order valence-corrected chi connectivity index (χ1v) is 10.1. The Balaban J connectivity index is 1.91. The molecule has 0 atom stereocenters. The molecule has 1 aromatic carbocycles. The molecule has 0 saturated carbocycles. The Morgan fingerprint density at radius 3 is 2.23 bits per heavy atom. The molecular formula is C18H20N3O9P. The van der Waals surface area contributed by atoms with Gasteiger partial charge in [0.05, 0.1) is 6.61 Å². The summed E-state index contributed by atoms with van der Waals surface area (Å²) >= 11 is 0. The molecule has 2 rings (SSSR count). The zero-order valence-corrected chi connectivity index (χ0v) is 17.0. The van der Waals surface area contributed by atoms with E-state index in [-0.39, 0.29) is 31.7 Å². The SMILES string of the molecule is O=C(O)CN(CCOP(O)O)C(=O)c1ccc(NC(=O)CCN2C(=O)C=CC2=O)cc1. The van der Waals surface area contributed by atoms with Gasteiger partial charge in [0.1, 0.15) is 6.54 Å². The molecule has 166 valence electrons. The van der Waals surface area contributed by atoms with E-state index < -0.39 is 44.7 Å². The lowest BCUT2D eigenvalue weighted by atomic mass is 10.1. The summed E-state index contributed by atoms with van der Waals surface area (Å²) in [7, 11) is -2.62. The Kier molecular flexibility index (Phi) is 8.76. The minimum absolute atomic E-state index is 0.0663. The second-order valence-electron chi connectivity index (χ2n) is 6.24. The van der Waals surface area contributed by atoms with Crippen molar-refractivity contribution in [1.82, 2.24) is 9.80 Å². The van der Waals surface area contributed by atoms with Crippen molar-refractivity contribution in [3.8, 4) is 0 Å². The van der Waals surface area contributed by atoms with Crippen molar-refractivity contribution < 1.29 is 43.4 Å². The number of carbonyl (C=O) groups excluding carboxylic acids is 4. The Morgan fingerprint density at radius 2 is 1.68 bits per heavy atom. The van der Waals surface area contributed by atoms with Crippen LogP contribution < -0.4 is 5.32 Å². The first kappa shape index (κ1) is 24.1. The molecule has 4 amide bonds. The molecule has 0 fully saturated rings. The van der Waals surface area contributed by atoms with Crippen LogP contribution in [0.25, 0.3) is 0 Å². The fourth-order valence-corrected chi connectivity index (χ4v) is 2.86. The van der Waals surface area contributed by atoms with Crippen molar-refractivity contribution in [2.75, 3.05) is 31.6 Å². The molecule has 1 aliphatic heterocycles. The van der Waals surface area contributed by atoms with Crippen molar-refractivity contribution in [3.05, 3.63) is 42.0 Å². The van der Waals surface area contributed by atoms with Crippen LogP contribution in [0.3, 0.4) is 0 Å². The van der Waals surface area contributed by atoms with Crippen LogP contribution in [-0.2, 0) is 23.7 Å². The van der Waals surface area contributed by atoms with Gasteiger partial charge in [0, 0.05) is 42.9 Å². The summed E-state index contributed by atoms with van der Waals surface area (Å²) in [6.45, 7) is -1.11. The zero-order chi connectivity index (χ0) is 23.0. The van der Waals surface area contributed by atoms with Gasteiger partial charge < -0.3 is 29.6 Å². The van der Waals surface area contributed by atoms with E-state index in [2.05, 4.69) is 9.84 Å². The summed E-state index contributed by atoms with van der Waals surface area (Å²) in [5.41, 5.74) is 0.506. The van der Waals surface area contributed by atoms with Gasteiger partial charge in [-0.05, 0) is 24.3 Å². The van der Waals surface area contributed by atoms with Gasteiger partial charge in [-0.2, -0.15) is 0 Å². The second-order valence-corrected chi connectivity index (χ2v) is 7.01. The highest BCUT2D eigenvalue weighted by Crippen LogP contribution is 2.23. The molecule has 0 spiro atoms. The first-order valence-electron chi connectivity index (χ1n) is 8.92. The lowest BCUT2D eigenvalue weighted by Crippen LogP contribution is -2.37. The third-order valence-electron chi connectivity index (χ3n) is 4.06. The third-order valence-corrected chi connectivity index (χ3v) is 4.47. The molecule has 0 aromatic heterocycles. The Morgan fingerprint density at radius 1 is 1.06 bits per heavy atom. The highest BCUT2D eigenvalue weighted by Gasteiger charge is 2.23. The van der Waals surface area contributed by atoms with Gasteiger partial charge in [-0.3, -0.25) is 28.9 Å². The van der Waals surface area contributed by atoms with Crippen LogP contribution in [0.4, 0.5) is 5.69 Å². The fourth-order valence-electron chi connectivity index (χ4n) is 2.62. The number of rotatable bonds is 11. The summed E-state index contributed by atoms with van der Waals surface area (Å²) in [5.74, 6) is -3.28. The van der Waals surface area contributed by atoms with Gasteiger partial charge in [-0.25, -0.2) is 0 Å². The van der Waals surface area contributed by atoms with E-state index in [1.54, 1.807) is 0 Å². The van der Waals surface area contributed by atoms with Gasteiger partial charge in [0.25, 0.3) is 17.7 Å². The summed E-state index contributed by atoms with van der Waals surface area (Å²) in [5, 5.41) is 11.5. The minimum atomic E-state index is -2.62. The Bertz CT molecular complexity index is 868. The van der Waals surface area contributed by atoms with E-state index in [9.17, 15) is 24.0 Å². The molecular weight excluding hydrogens is 433 g/mol. The predicted molar refractivity (Wildman–Crippen MR) is 106 cm³/mol. The number of anilines is 1. The van der Waals surface area contributed by atoms with Crippen LogP contribution in [0.5, 0.6) is 0 Å². The van der Waals surface area contributed by atoms with E-state index in [0.29, 0.717) is 5.69 Å². The molecule has 12 nitrogen and oxygen atoms in total. The van der Waals surface area contributed by atoms with Gasteiger partial charge in [0.2, 0.25) is 5.91 Å². The maximum atomic E-state index is 12.5. The van der Waals surface area contributed by atoms with E-state index in [0.717, 1.165) is 22.0 Å². The average Bonchev–Trinajstić information content (AvgIpc) is 3.02. The van der Waals surface area contributed by atoms with Crippen LogP contribution in [0, 0.1) is 0 Å². The summed E-state index contributed by atoms with van der Waals surface area (Å²) in [6.07, 6.45) is 2.15. The van der Waals surface area contributed by atoms with Crippen molar-refractivity contribution in [2.24, 2.45) is 0 Å². The first-order chi connectivity index (χ1) is 14.7. The fraction of sp³-hybridized carbons (Fsp3) is 0.278. The number of imide groups is 1. The van der Waals surface area contributed by atoms with Gasteiger partial charge in [-0.1, -0.05) is 0 Å². The summed E-state index contributed by atoms with van der Waals surface area (Å²) in [4.78, 5) is 77.8. The number of aliphatic carboxylic acids is 1. The van der Waals surface area contributed by atoms with Crippen LogP contribution >= 0.6 is 8.60 Å². The molecule has 0 aliphatic carbocycles. The second kappa shape index (κ2) is 11.3. The molecule has 0 bridgehead atoms. The smallest absolute Gasteiger partial charge is 0.327 e. The number of benzene rings is 1. The van der Waals surface area contributed by atoms with Gasteiger partial charge in [0.15, 0.2) is 0 Å². The van der Waals surface area contributed by atoms with Crippen LogP contribution in [0.15, 0.2) is 36.4 Å². The van der Waals surface area contributed by atoms with Crippen molar-refractivity contribution in [1.29, 1.82) is 0 Å². The number of carboxylic acids is 1. The number of hydrogen-bond donors (Lipinski definition) is 4. The molecule has 1 aliphatic rings. The summed E-state index contributed by atoms with van der Waals surface area (Å²) < 4.78 is 4.57. The number of nitrogens with one attached hydrogen (secondary N) is 1. The highest BCUT2D eigenvalue weighted by atomic mass is 31.2. The standard InChI is InChI=1S/C18H20N3O9P/c22-14(7-8-21-15(23)5-6-16(21)24)19-13-3-1-12(2-4-13)18(27)20(11-17(25)26)9-10-30-31(28)29/h1-6,28-29H,7-11H2,(H,19,22)(H,25,26). The molecule has 1 aromatic rings. The number of nitrogens with zero attached hydrogens (tertiary/aromatic N) is 2. The molecule has 31 heavy (non-hydrogen) atoms. The Hall–Kier alpha value is -3.18. The largest absolute Gasteiger partial charge is 0.480 e. The third kappa shape index (κ3) is 7.54. The maximum absolute atomic E-state index is 12.5. The van der Waals surface area contributed by atoms with Crippen LogP contribution in [0.2, 0.25) is 0 Å². The quantitative estimate of drug-likeness (QED) is 0.259. The Labute approximate surface area is 177 Å². The normalized spacial score (nSPS) is 13.1. The van der Waals surface area contributed by atoms with Crippen LogP contribution in [0.1, 0.15) is 16.8 Å². The highest BCUT2D eigenvalue weighted by molar-refractivity contribution is 7.39. The zero-order valence-electron chi connectivity index (χ0n) is 16.1. The van der Waals surface area contributed by atoms with E-state index >= 15 is 0 Å². The van der Waals surface area contributed by atoms with Crippen molar-refractivity contribution >= 4 is 43.9 Å². The molecule has 0 radical (unpaired) electrons. The number of hydrogen-bond acceptors (Lipinski definition) is 8. The molecule has 4 N–H and O–H groups in total.